The Labute approximate surface area is 268 Å². The van der Waals surface area contributed by atoms with E-state index in [0.717, 1.165) is 62.1 Å². The molecule has 0 spiro atoms. The van der Waals surface area contributed by atoms with Crippen LogP contribution in [0.25, 0.3) is 0 Å². The maximum absolute atomic E-state index is 13.8. The fourth-order valence-corrected chi connectivity index (χ4v) is 8.68. The van der Waals surface area contributed by atoms with E-state index in [4.69, 9.17) is 0 Å². The average molecular weight is 620 g/mol. The molecular formula is C37H53N3O3S. The van der Waals surface area contributed by atoms with Gasteiger partial charge in [-0.05, 0) is 80.2 Å². The lowest BCUT2D eigenvalue weighted by molar-refractivity contribution is -0.125. The molecule has 1 N–H and O–H groups in total. The standard InChI is InChI=1S/C35H47N3O3S.C2H6/c39-35(23-30(24-37-40)28-11-5-1-2-6-12-28)33-21-22-36-25-34(33)29-19-17-27(18-20-29)26-38(31-13-7-3-8-14-31)42(41)32-15-9-4-10-16-32;1-2/h4-5,9-11,15-20,28,30-31,33-34,36H,1-3,6-8,12-14,21-26H2;1-2H3/t28?,30-,33?,34-,42?;/m0./s1. The molecule has 240 valence electrons. The van der Waals surface area contributed by atoms with Crippen LogP contribution in [-0.2, 0) is 22.3 Å². The molecule has 5 rings (SSSR count). The largest absolute Gasteiger partial charge is 0.316 e. The zero-order valence-electron chi connectivity index (χ0n) is 26.9. The van der Waals surface area contributed by atoms with Crippen LogP contribution in [0.1, 0.15) is 102 Å². The van der Waals surface area contributed by atoms with Crippen LogP contribution in [0, 0.1) is 22.7 Å². The number of nitroso groups, excluding NO2 is 1. The molecule has 44 heavy (non-hydrogen) atoms. The van der Waals surface area contributed by atoms with Gasteiger partial charge in [-0.25, -0.2) is 8.51 Å². The van der Waals surface area contributed by atoms with Gasteiger partial charge < -0.3 is 5.32 Å². The second-order valence-corrected chi connectivity index (χ2v) is 13.9. The summed E-state index contributed by atoms with van der Waals surface area (Å²) in [7, 11) is -1.21. The van der Waals surface area contributed by atoms with Crippen molar-refractivity contribution in [2.24, 2.45) is 22.9 Å². The summed E-state index contributed by atoms with van der Waals surface area (Å²) >= 11 is 0. The van der Waals surface area contributed by atoms with Crippen molar-refractivity contribution in [2.45, 2.75) is 108 Å². The van der Waals surface area contributed by atoms with Gasteiger partial charge in [0.1, 0.15) is 16.8 Å². The summed E-state index contributed by atoms with van der Waals surface area (Å²) in [6.07, 6.45) is 16.0. The van der Waals surface area contributed by atoms with Crippen molar-refractivity contribution in [1.82, 2.24) is 9.62 Å². The first-order chi connectivity index (χ1) is 21.6. The second kappa shape index (κ2) is 18.5. The van der Waals surface area contributed by atoms with E-state index in [2.05, 4.69) is 51.2 Å². The number of allylic oxidation sites excluding steroid dienone is 2. The zero-order chi connectivity index (χ0) is 31.1. The highest BCUT2D eigenvalue weighted by Gasteiger charge is 2.34. The fraction of sp³-hybridized carbons (Fsp3) is 0.595. The molecule has 3 unspecified atom stereocenters. The topological polar surface area (TPSA) is 78.8 Å². The Kier molecular flexibility index (Phi) is 14.4. The third-order valence-corrected chi connectivity index (χ3v) is 11.2. The fourth-order valence-electron chi connectivity index (χ4n) is 7.27. The highest BCUT2D eigenvalue weighted by atomic mass is 32.2. The third-order valence-electron chi connectivity index (χ3n) is 9.70. The van der Waals surface area contributed by atoms with Gasteiger partial charge in [0, 0.05) is 37.4 Å². The molecule has 2 aromatic rings. The van der Waals surface area contributed by atoms with Crippen LogP contribution >= 0.6 is 0 Å². The minimum absolute atomic E-state index is 0.00137. The molecule has 2 fully saturated rings. The molecule has 1 heterocycles. The van der Waals surface area contributed by atoms with Gasteiger partial charge in [-0.2, -0.15) is 4.91 Å². The van der Waals surface area contributed by atoms with E-state index < -0.39 is 11.0 Å². The molecule has 2 aliphatic carbocycles. The van der Waals surface area contributed by atoms with Crippen LogP contribution in [0.2, 0.25) is 0 Å². The number of benzene rings is 2. The van der Waals surface area contributed by atoms with Crippen LogP contribution < -0.4 is 5.32 Å². The van der Waals surface area contributed by atoms with Crippen LogP contribution in [0.3, 0.4) is 0 Å². The van der Waals surface area contributed by atoms with Crippen molar-refractivity contribution in [1.29, 1.82) is 0 Å². The van der Waals surface area contributed by atoms with E-state index in [-0.39, 0.29) is 36.0 Å². The lowest BCUT2D eigenvalue weighted by Gasteiger charge is -2.34. The Morgan fingerprint density at radius 3 is 2.41 bits per heavy atom. The lowest BCUT2D eigenvalue weighted by atomic mass is 9.75. The average Bonchev–Trinajstić information content (AvgIpc) is 3.38. The van der Waals surface area contributed by atoms with Gasteiger partial charge in [-0.1, -0.05) is 99.3 Å². The van der Waals surface area contributed by atoms with Crippen LogP contribution in [0.4, 0.5) is 0 Å². The summed E-state index contributed by atoms with van der Waals surface area (Å²) in [6.45, 7) is 6.48. The van der Waals surface area contributed by atoms with Crippen LogP contribution in [-0.4, -0.2) is 40.0 Å². The molecule has 1 saturated carbocycles. The Bertz CT molecular complexity index is 1200. The highest BCUT2D eigenvalue weighted by molar-refractivity contribution is 7.82. The van der Waals surface area contributed by atoms with E-state index in [1.165, 1.54) is 31.2 Å². The van der Waals surface area contributed by atoms with Crippen molar-refractivity contribution in [3.63, 3.8) is 0 Å². The van der Waals surface area contributed by atoms with Crippen molar-refractivity contribution >= 4 is 16.8 Å². The van der Waals surface area contributed by atoms with Gasteiger partial charge in [0.2, 0.25) is 0 Å². The Balaban J connectivity index is 0.00000216. The number of Topliss-reactive ketones (excluding diaryl/α,β-unsaturated/α-hetero) is 1. The second-order valence-electron chi connectivity index (χ2n) is 12.5. The molecule has 6 nitrogen and oxygen atoms in total. The number of hydrogen-bond acceptors (Lipinski definition) is 5. The first-order valence-electron chi connectivity index (χ1n) is 17.2. The molecule has 0 aromatic heterocycles. The van der Waals surface area contributed by atoms with Crippen LogP contribution in [0.5, 0.6) is 0 Å². The molecule has 7 heteroatoms. The summed E-state index contributed by atoms with van der Waals surface area (Å²) in [5, 5.41) is 6.75. The summed E-state index contributed by atoms with van der Waals surface area (Å²) in [4.78, 5) is 25.9. The number of carbonyl (C=O) groups is 1. The molecule has 0 bridgehead atoms. The SMILES string of the molecule is CC.O=NC[C@H](CC(=O)C1CCNC[C@H]1c1ccc(CN(C2CCCCC2)S(=O)c2ccccc2)cc1)C1C=CCCCC1. The summed E-state index contributed by atoms with van der Waals surface area (Å²) in [6, 6.07) is 18.8. The van der Waals surface area contributed by atoms with E-state index in [1.807, 2.05) is 44.2 Å². The van der Waals surface area contributed by atoms with Gasteiger partial charge >= 0.3 is 0 Å². The third kappa shape index (κ3) is 9.51. The Morgan fingerprint density at radius 1 is 0.955 bits per heavy atom. The quantitative estimate of drug-likeness (QED) is 0.191. The Morgan fingerprint density at radius 2 is 1.68 bits per heavy atom. The molecule has 2 aromatic carbocycles. The lowest BCUT2D eigenvalue weighted by Crippen LogP contribution is -2.40. The summed E-state index contributed by atoms with van der Waals surface area (Å²) in [5.74, 6) is 0.604. The molecule has 1 saturated heterocycles. The molecule has 1 aliphatic heterocycles. The summed E-state index contributed by atoms with van der Waals surface area (Å²) in [5.41, 5.74) is 2.33. The number of hydrogen-bond donors (Lipinski definition) is 1. The van der Waals surface area contributed by atoms with Crippen molar-refractivity contribution in [3.05, 3.63) is 82.8 Å². The van der Waals surface area contributed by atoms with Gasteiger partial charge in [0.25, 0.3) is 0 Å². The van der Waals surface area contributed by atoms with Crippen LogP contribution in [0.15, 0.2) is 76.8 Å². The minimum atomic E-state index is -1.21. The monoisotopic (exact) mass is 619 g/mol. The van der Waals surface area contributed by atoms with Gasteiger partial charge in [0.05, 0.1) is 11.4 Å². The van der Waals surface area contributed by atoms with Crippen molar-refractivity contribution < 1.29 is 9.00 Å². The summed E-state index contributed by atoms with van der Waals surface area (Å²) < 4.78 is 15.9. The molecule has 0 radical (unpaired) electrons. The molecule has 3 aliphatic rings. The number of carbonyl (C=O) groups excluding carboxylic acids is 1. The van der Waals surface area contributed by atoms with E-state index in [0.29, 0.717) is 19.0 Å². The maximum atomic E-state index is 13.8. The number of nitrogens with zero attached hydrogens (tertiary/aromatic N) is 2. The normalized spacial score (nSPS) is 24.0. The van der Waals surface area contributed by atoms with Crippen molar-refractivity contribution in [3.8, 4) is 0 Å². The van der Waals surface area contributed by atoms with E-state index in [1.54, 1.807) is 0 Å². The van der Waals surface area contributed by atoms with Crippen molar-refractivity contribution in [2.75, 3.05) is 19.6 Å². The maximum Gasteiger partial charge on any atom is 0.137 e. The highest BCUT2D eigenvalue weighted by Crippen LogP contribution is 2.35. The van der Waals surface area contributed by atoms with E-state index >= 15 is 0 Å². The number of rotatable bonds is 12. The minimum Gasteiger partial charge on any atom is -0.316 e. The smallest absolute Gasteiger partial charge is 0.137 e. The first kappa shape index (κ1) is 34.4. The molecule has 5 atom stereocenters. The first-order valence-corrected chi connectivity index (χ1v) is 18.3. The number of ketones is 1. The van der Waals surface area contributed by atoms with E-state index in [9.17, 15) is 13.9 Å². The predicted octanol–water partition coefficient (Wildman–Crippen LogP) is 8.35. The molecule has 0 amide bonds. The van der Waals surface area contributed by atoms with Gasteiger partial charge in [-0.15, -0.1) is 0 Å². The number of nitrogens with one attached hydrogen (secondary N) is 1. The van der Waals surface area contributed by atoms with Gasteiger partial charge in [-0.3, -0.25) is 4.79 Å². The zero-order valence-corrected chi connectivity index (χ0v) is 27.7. The Hall–Kier alpha value is -2.48. The van der Waals surface area contributed by atoms with Gasteiger partial charge in [0.15, 0.2) is 0 Å². The predicted molar refractivity (Wildman–Crippen MR) is 182 cm³/mol. The number of piperidine rings is 1. The molecular weight excluding hydrogens is 566 g/mol.